The van der Waals surface area contributed by atoms with Crippen molar-refractivity contribution in [2.24, 2.45) is 0 Å². The van der Waals surface area contributed by atoms with Crippen LogP contribution in [0.1, 0.15) is 20.7 Å². The molecule has 8 heteroatoms. The number of piperazine rings is 1. The Kier molecular flexibility index (Phi) is 4.83. The van der Waals surface area contributed by atoms with Gasteiger partial charge in [-0.05, 0) is 36.4 Å². The number of hydrogen-bond acceptors (Lipinski definition) is 4. The van der Waals surface area contributed by atoms with Crippen LogP contribution in [0.4, 0.5) is 0 Å². The SMILES string of the molecule is O=C(c1ccc(Cl)cc1)N1CCN(C(=O)c2cnc3ccccn3c2=O)CC1. The van der Waals surface area contributed by atoms with Crippen molar-refractivity contribution in [1.82, 2.24) is 19.2 Å². The Morgan fingerprint density at radius 3 is 2.21 bits per heavy atom. The van der Waals surface area contributed by atoms with Crippen molar-refractivity contribution in [2.45, 2.75) is 0 Å². The summed E-state index contributed by atoms with van der Waals surface area (Å²) < 4.78 is 1.35. The van der Waals surface area contributed by atoms with E-state index in [1.807, 2.05) is 0 Å². The van der Waals surface area contributed by atoms with Crippen LogP contribution in [-0.4, -0.2) is 57.2 Å². The Labute approximate surface area is 165 Å². The first kappa shape index (κ1) is 18.2. The average Bonchev–Trinajstić information content (AvgIpc) is 2.74. The number of aromatic nitrogens is 2. The van der Waals surface area contributed by atoms with Crippen molar-refractivity contribution in [3.8, 4) is 0 Å². The summed E-state index contributed by atoms with van der Waals surface area (Å²) in [5.41, 5.74) is 0.681. The quantitative estimate of drug-likeness (QED) is 0.663. The zero-order valence-corrected chi connectivity index (χ0v) is 15.7. The number of fused-ring (bicyclic) bond motifs is 1. The number of amides is 2. The molecule has 0 unspecified atom stereocenters. The first-order chi connectivity index (χ1) is 13.5. The predicted octanol–water partition coefficient (Wildman–Crippen LogP) is 1.95. The number of pyridine rings is 1. The summed E-state index contributed by atoms with van der Waals surface area (Å²) >= 11 is 5.86. The van der Waals surface area contributed by atoms with Crippen molar-refractivity contribution in [1.29, 1.82) is 0 Å². The Bertz CT molecular complexity index is 1100. The maximum absolute atomic E-state index is 12.8. The van der Waals surface area contributed by atoms with Gasteiger partial charge in [-0.1, -0.05) is 17.7 Å². The van der Waals surface area contributed by atoms with Gasteiger partial charge in [-0.15, -0.1) is 0 Å². The smallest absolute Gasteiger partial charge is 0.270 e. The molecule has 7 nitrogen and oxygen atoms in total. The van der Waals surface area contributed by atoms with E-state index in [0.29, 0.717) is 42.4 Å². The van der Waals surface area contributed by atoms with Crippen LogP contribution in [0.15, 0.2) is 59.7 Å². The molecule has 2 amide bonds. The zero-order chi connectivity index (χ0) is 19.7. The molecule has 0 N–H and O–H groups in total. The highest BCUT2D eigenvalue weighted by Gasteiger charge is 2.27. The molecule has 2 aromatic heterocycles. The zero-order valence-electron chi connectivity index (χ0n) is 14.9. The molecule has 1 aliphatic heterocycles. The summed E-state index contributed by atoms with van der Waals surface area (Å²) in [4.78, 5) is 45.4. The van der Waals surface area contributed by atoms with Crippen molar-refractivity contribution in [3.63, 3.8) is 0 Å². The third-order valence-corrected chi connectivity index (χ3v) is 5.04. The Hall–Kier alpha value is -3.19. The molecule has 0 aliphatic carbocycles. The van der Waals surface area contributed by atoms with E-state index >= 15 is 0 Å². The van der Waals surface area contributed by atoms with Crippen LogP contribution in [0.2, 0.25) is 5.02 Å². The van der Waals surface area contributed by atoms with Gasteiger partial charge in [0.05, 0.1) is 0 Å². The highest BCUT2D eigenvalue weighted by Crippen LogP contribution is 2.14. The second kappa shape index (κ2) is 7.44. The molecule has 1 fully saturated rings. The third-order valence-electron chi connectivity index (χ3n) is 4.79. The van der Waals surface area contributed by atoms with Gasteiger partial charge < -0.3 is 9.80 Å². The van der Waals surface area contributed by atoms with Gasteiger partial charge in [0.1, 0.15) is 11.2 Å². The first-order valence-electron chi connectivity index (χ1n) is 8.85. The second-order valence-corrected chi connectivity index (χ2v) is 6.93. The van der Waals surface area contributed by atoms with Gasteiger partial charge in [0.25, 0.3) is 17.4 Å². The van der Waals surface area contributed by atoms with E-state index in [0.717, 1.165) is 0 Å². The van der Waals surface area contributed by atoms with Crippen molar-refractivity contribution < 1.29 is 9.59 Å². The predicted molar refractivity (Wildman–Crippen MR) is 105 cm³/mol. The first-order valence-corrected chi connectivity index (χ1v) is 9.23. The summed E-state index contributed by atoms with van der Waals surface area (Å²) in [7, 11) is 0. The molecule has 0 bridgehead atoms. The largest absolute Gasteiger partial charge is 0.335 e. The van der Waals surface area contributed by atoms with Gasteiger partial charge in [-0.25, -0.2) is 4.98 Å². The fraction of sp³-hybridized carbons (Fsp3) is 0.200. The van der Waals surface area contributed by atoms with Crippen LogP contribution in [0.3, 0.4) is 0 Å². The van der Waals surface area contributed by atoms with E-state index in [-0.39, 0.29) is 17.4 Å². The van der Waals surface area contributed by atoms with Crippen LogP contribution >= 0.6 is 11.6 Å². The summed E-state index contributed by atoms with van der Waals surface area (Å²) in [5, 5.41) is 0.572. The molecule has 0 spiro atoms. The lowest BCUT2D eigenvalue weighted by Gasteiger charge is -2.34. The van der Waals surface area contributed by atoms with E-state index in [4.69, 9.17) is 11.6 Å². The highest BCUT2D eigenvalue weighted by atomic mass is 35.5. The van der Waals surface area contributed by atoms with Crippen LogP contribution in [0.5, 0.6) is 0 Å². The molecule has 1 saturated heterocycles. The molecular weight excluding hydrogens is 380 g/mol. The number of benzene rings is 1. The minimum absolute atomic E-state index is 0.0289. The fourth-order valence-corrected chi connectivity index (χ4v) is 3.36. The fourth-order valence-electron chi connectivity index (χ4n) is 3.23. The molecule has 0 atom stereocenters. The van der Waals surface area contributed by atoms with Crippen LogP contribution in [-0.2, 0) is 0 Å². The third kappa shape index (κ3) is 3.36. The maximum Gasteiger partial charge on any atom is 0.270 e. The van der Waals surface area contributed by atoms with Crippen molar-refractivity contribution >= 4 is 29.1 Å². The number of carbonyl (C=O) groups excluding carboxylic acids is 2. The molecule has 0 radical (unpaired) electrons. The lowest BCUT2D eigenvalue weighted by molar-refractivity contribution is 0.0534. The Morgan fingerprint density at radius 1 is 0.893 bits per heavy atom. The van der Waals surface area contributed by atoms with Crippen molar-refractivity contribution in [3.05, 3.63) is 81.4 Å². The number of hydrogen-bond donors (Lipinski definition) is 0. The standard InChI is InChI=1S/C20H17ClN4O3/c21-15-6-4-14(5-7-15)18(26)23-9-11-24(12-10-23)19(27)16-13-22-17-3-1-2-8-25(17)20(16)28/h1-8,13H,9-12H2. The van der Waals surface area contributed by atoms with E-state index in [2.05, 4.69) is 4.98 Å². The topological polar surface area (TPSA) is 75.0 Å². The maximum atomic E-state index is 12.8. The van der Waals surface area contributed by atoms with Crippen LogP contribution in [0.25, 0.3) is 5.65 Å². The van der Waals surface area contributed by atoms with Crippen LogP contribution < -0.4 is 5.56 Å². The summed E-state index contributed by atoms with van der Waals surface area (Å²) in [6.45, 7) is 1.51. The van der Waals surface area contributed by atoms with E-state index < -0.39 is 5.56 Å². The molecule has 28 heavy (non-hydrogen) atoms. The van der Waals surface area contributed by atoms with Crippen molar-refractivity contribution in [2.75, 3.05) is 26.2 Å². The number of halogens is 1. The number of carbonyl (C=O) groups is 2. The molecule has 3 heterocycles. The van der Waals surface area contributed by atoms with Crippen LogP contribution in [0, 0.1) is 0 Å². The minimum Gasteiger partial charge on any atom is -0.335 e. The van der Waals surface area contributed by atoms with Gasteiger partial charge in [0.2, 0.25) is 0 Å². The molecule has 3 aromatic rings. The molecule has 1 aliphatic rings. The molecule has 1 aromatic carbocycles. The lowest BCUT2D eigenvalue weighted by Crippen LogP contribution is -2.51. The lowest BCUT2D eigenvalue weighted by atomic mass is 10.1. The van der Waals surface area contributed by atoms with Gasteiger partial charge in [0, 0.05) is 49.2 Å². The number of nitrogens with zero attached hydrogens (tertiary/aromatic N) is 4. The van der Waals surface area contributed by atoms with E-state index in [1.54, 1.807) is 58.5 Å². The minimum atomic E-state index is -0.393. The highest BCUT2D eigenvalue weighted by molar-refractivity contribution is 6.30. The normalized spacial score (nSPS) is 14.3. The van der Waals surface area contributed by atoms with Gasteiger partial charge in [0.15, 0.2) is 0 Å². The molecule has 4 rings (SSSR count). The molecule has 0 saturated carbocycles. The Morgan fingerprint density at radius 2 is 1.54 bits per heavy atom. The van der Waals surface area contributed by atoms with Gasteiger partial charge >= 0.3 is 0 Å². The van der Waals surface area contributed by atoms with Gasteiger partial charge in [-0.2, -0.15) is 0 Å². The summed E-state index contributed by atoms with van der Waals surface area (Å²) in [6.07, 6.45) is 2.91. The van der Waals surface area contributed by atoms with E-state index in [9.17, 15) is 14.4 Å². The summed E-state index contributed by atoms with van der Waals surface area (Å²) in [6, 6.07) is 11.9. The second-order valence-electron chi connectivity index (χ2n) is 6.50. The Balaban J connectivity index is 1.47. The molecule has 142 valence electrons. The average molecular weight is 397 g/mol. The van der Waals surface area contributed by atoms with Gasteiger partial charge in [-0.3, -0.25) is 18.8 Å². The monoisotopic (exact) mass is 396 g/mol. The van der Waals surface area contributed by atoms with E-state index in [1.165, 1.54) is 10.6 Å². The molecular formula is C20H17ClN4O3. The summed E-state index contributed by atoms with van der Waals surface area (Å²) in [5.74, 6) is -0.467. The number of rotatable bonds is 2.